The Morgan fingerprint density at radius 2 is 2.35 bits per heavy atom. The third-order valence-electron chi connectivity index (χ3n) is 3.49. The fraction of sp³-hybridized carbons (Fsp3) is 0.538. The molecule has 17 heavy (non-hydrogen) atoms. The van der Waals surface area contributed by atoms with Gasteiger partial charge in [-0.3, -0.25) is 0 Å². The quantitative estimate of drug-likeness (QED) is 0.831. The molecule has 4 heteroatoms. The van der Waals surface area contributed by atoms with Crippen LogP contribution >= 0.6 is 0 Å². The lowest BCUT2D eigenvalue weighted by Crippen LogP contribution is -2.33. The van der Waals surface area contributed by atoms with Crippen molar-refractivity contribution in [3.8, 4) is 5.75 Å². The Hall–Kier alpha value is -1.13. The maximum atomic E-state index is 13.8. The van der Waals surface area contributed by atoms with Gasteiger partial charge in [0.25, 0.3) is 0 Å². The first-order valence-corrected chi connectivity index (χ1v) is 6.00. The highest BCUT2D eigenvalue weighted by molar-refractivity contribution is 5.29. The van der Waals surface area contributed by atoms with Crippen LogP contribution < -0.4 is 15.8 Å². The topological polar surface area (TPSA) is 47.3 Å². The van der Waals surface area contributed by atoms with Crippen molar-refractivity contribution in [2.24, 2.45) is 11.7 Å². The van der Waals surface area contributed by atoms with Gasteiger partial charge in [0, 0.05) is 12.1 Å². The van der Waals surface area contributed by atoms with Crippen molar-refractivity contribution in [1.82, 2.24) is 5.32 Å². The molecule has 2 unspecified atom stereocenters. The molecule has 94 valence electrons. The fourth-order valence-corrected chi connectivity index (χ4v) is 2.40. The molecule has 1 heterocycles. The van der Waals surface area contributed by atoms with E-state index in [-0.39, 0.29) is 5.82 Å². The number of hydrogen-bond acceptors (Lipinski definition) is 3. The summed E-state index contributed by atoms with van der Waals surface area (Å²) in [6, 6.07) is 5.32. The van der Waals surface area contributed by atoms with E-state index in [1.165, 1.54) is 13.2 Å². The standard InChI is InChI=1S/C13H19FN2O/c1-17-11-3-2-9(12(14)7-11)6-13-10(8-15)4-5-16-13/h2-3,7,10,13,16H,4-6,8,15H2,1H3. The average Bonchev–Trinajstić information content (AvgIpc) is 2.79. The van der Waals surface area contributed by atoms with Gasteiger partial charge in [-0.1, -0.05) is 6.07 Å². The summed E-state index contributed by atoms with van der Waals surface area (Å²) in [4.78, 5) is 0. The molecule has 1 aliphatic heterocycles. The molecule has 0 aromatic heterocycles. The summed E-state index contributed by atoms with van der Waals surface area (Å²) in [5.41, 5.74) is 6.43. The molecule has 3 N–H and O–H groups in total. The summed E-state index contributed by atoms with van der Waals surface area (Å²) in [5, 5.41) is 3.38. The molecule has 0 spiro atoms. The largest absolute Gasteiger partial charge is 0.497 e. The van der Waals surface area contributed by atoms with Gasteiger partial charge in [-0.25, -0.2) is 4.39 Å². The third kappa shape index (κ3) is 2.76. The maximum absolute atomic E-state index is 13.8. The number of methoxy groups -OCH3 is 1. The minimum absolute atomic E-state index is 0.200. The molecule has 1 saturated heterocycles. The Bertz CT molecular complexity index is 384. The molecule has 1 aromatic rings. The van der Waals surface area contributed by atoms with Crippen LogP contribution in [0.2, 0.25) is 0 Å². The van der Waals surface area contributed by atoms with Crippen LogP contribution in [-0.2, 0) is 6.42 Å². The zero-order valence-corrected chi connectivity index (χ0v) is 10.1. The summed E-state index contributed by atoms with van der Waals surface area (Å²) >= 11 is 0. The monoisotopic (exact) mass is 238 g/mol. The SMILES string of the molecule is COc1ccc(CC2NCCC2CN)c(F)c1. The second-order valence-corrected chi connectivity index (χ2v) is 4.51. The maximum Gasteiger partial charge on any atom is 0.130 e. The van der Waals surface area contributed by atoms with Gasteiger partial charge >= 0.3 is 0 Å². The van der Waals surface area contributed by atoms with E-state index < -0.39 is 0 Å². The summed E-state index contributed by atoms with van der Waals surface area (Å²) in [6.45, 7) is 1.64. The Morgan fingerprint density at radius 1 is 1.53 bits per heavy atom. The zero-order chi connectivity index (χ0) is 12.3. The molecular formula is C13H19FN2O. The van der Waals surface area contributed by atoms with Crippen LogP contribution in [0.15, 0.2) is 18.2 Å². The van der Waals surface area contributed by atoms with Crippen LogP contribution in [-0.4, -0.2) is 26.2 Å². The van der Waals surface area contributed by atoms with Crippen LogP contribution in [0.25, 0.3) is 0 Å². The Morgan fingerprint density at radius 3 is 3.00 bits per heavy atom. The Labute approximate surface area is 101 Å². The predicted molar refractivity (Wildman–Crippen MR) is 65.6 cm³/mol. The van der Waals surface area contributed by atoms with Crippen LogP contribution in [0.3, 0.4) is 0 Å². The number of ether oxygens (including phenoxy) is 1. The van der Waals surface area contributed by atoms with Gasteiger partial charge < -0.3 is 15.8 Å². The number of rotatable bonds is 4. The Kier molecular flexibility index (Phi) is 3.97. The number of nitrogens with one attached hydrogen (secondary N) is 1. The summed E-state index contributed by atoms with van der Waals surface area (Å²) < 4.78 is 18.8. The van der Waals surface area contributed by atoms with E-state index in [1.54, 1.807) is 12.1 Å². The minimum atomic E-state index is -0.200. The molecule has 0 saturated carbocycles. The van der Waals surface area contributed by atoms with Crippen molar-refractivity contribution in [3.05, 3.63) is 29.6 Å². The molecular weight excluding hydrogens is 219 g/mol. The molecule has 1 aliphatic rings. The smallest absolute Gasteiger partial charge is 0.130 e. The van der Waals surface area contributed by atoms with Crippen molar-refractivity contribution in [3.63, 3.8) is 0 Å². The van der Waals surface area contributed by atoms with Crippen LogP contribution in [0.4, 0.5) is 4.39 Å². The van der Waals surface area contributed by atoms with Crippen molar-refractivity contribution < 1.29 is 9.13 Å². The minimum Gasteiger partial charge on any atom is -0.497 e. The molecule has 2 atom stereocenters. The lowest BCUT2D eigenvalue weighted by Gasteiger charge is -2.18. The summed E-state index contributed by atoms with van der Waals surface area (Å²) in [7, 11) is 1.54. The highest BCUT2D eigenvalue weighted by Gasteiger charge is 2.26. The summed E-state index contributed by atoms with van der Waals surface area (Å²) in [6.07, 6.45) is 1.77. The molecule has 3 nitrogen and oxygen atoms in total. The average molecular weight is 238 g/mol. The zero-order valence-electron chi connectivity index (χ0n) is 10.1. The van der Waals surface area contributed by atoms with E-state index >= 15 is 0 Å². The van der Waals surface area contributed by atoms with E-state index in [2.05, 4.69) is 5.32 Å². The second-order valence-electron chi connectivity index (χ2n) is 4.51. The normalized spacial score (nSPS) is 23.9. The third-order valence-corrected chi connectivity index (χ3v) is 3.49. The van der Waals surface area contributed by atoms with Gasteiger partial charge in [-0.05, 0) is 43.5 Å². The van der Waals surface area contributed by atoms with E-state index in [9.17, 15) is 4.39 Å². The van der Waals surface area contributed by atoms with Gasteiger partial charge in [0.2, 0.25) is 0 Å². The lowest BCUT2D eigenvalue weighted by molar-refractivity contribution is 0.408. The number of nitrogens with two attached hydrogens (primary N) is 1. The van der Waals surface area contributed by atoms with Crippen LogP contribution in [0, 0.1) is 11.7 Å². The molecule has 1 fully saturated rings. The fourth-order valence-electron chi connectivity index (χ4n) is 2.40. The van der Waals surface area contributed by atoms with Gasteiger partial charge in [0.1, 0.15) is 11.6 Å². The molecule has 2 rings (SSSR count). The van der Waals surface area contributed by atoms with E-state index in [0.717, 1.165) is 18.5 Å². The number of halogens is 1. The number of hydrogen-bond donors (Lipinski definition) is 2. The van der Waals surface area contributed by atoms with Gasteiger partial charge in [0.15, 0.2) is 0 Å². The van der Waals surface area contributed by atoms with E-state index in [4.69, 9.17) is 10.5 Å². The lowest BCUT2D eigenvalue weighted by atomic mass is 9.94. The molecule has 1 aromatic carbocycles. The van der Waals surface area contributed by atoms with E-state index in [1.807, 2.05) is 0 Å². The van der Waals surface area contributed by atoms with Crippen molar-refractivity contribution in [2.75, 3.05) is 20.2 Å². The Balaban J connectivity index is 2.08. The van der Waals surface area contributed by atoms with Gasteiger partial charge in [0.05, 0.1) is 7.11 Å². The first kappa shape index (κ1) is 12.3. The van der Waals surface area contributed by atoms with Crippen molar-refractivity contribution >= 4 is 0 Å². The first-order chi connectivity index (χ1) is 8.24. The molecule has 0 amide bonds. The molecule has 0 radical (unpaired) electrons. The van der Waals surface area contributed by atoms with Crippen LogP contribution in [0.5, 0.6) is 5.75 Å². The van der Waals surface area contributed by atoms with Gasteiger partial charge in [-0.2, -0.15) is 0 Å². The highest BCUT2D eigenvalue weighted by Crippen LogP contribution is 2.22. The molecule has 0 aliphatic carbocycles. The highest BCUT2D eigenvalue weighted by atomic mass is 19.1. The van der Waals surface area contributed by atoms with Crippen LogP contribution in [0.1, 0.15) is 12.0 Å². The van der Waals surface area contributed by atoms with Gasteiger partial charge in [-0.15, -0.1) is 0 Å². The number of benzene rings is 1. The molecule has 0 bridgehead atoms. The summed E-state index contributed by atoms with van der Waals surface area (Å²) in [5.74, 6) is 0.811. The predicted octanol–water partition coefficient (Wildman–Crippen LogP) is 1.31. The second kappa shape index (κ2) is 5.47. The van der Waals surface area contributed by atoms with Crippen molar-refractivity contribution in [2.45, 2.75) is 18.9 Å². The van der Waals surface area contributed by atoms with Crippen molar-refractivity contribution in [1.29, 1.82) is 0 Å². The van der Waals surface area contributed by atoms with E-state index in [0.29, 0.717) is 30.7 Å². The first-order valence-electron chi connectivity index (χ1n) is 6.00.